The largest absolute Gasteiger partial charge is 0.469 e. The van der Waals surface area contributed by atoms with Crippen LogP contribution in [0.25, 0.3) is 0 Å². The minimum Gasteiger partial charge on any atom is -0.469 e. The van der Waals surface area contributed by atoms with Gasteiger partial charge in [-0.1, -0.05) is 22.9 Å². The summed E-state index contributed by atoms with van der Waals surface area (Å²) in [7, 11) is 1.21. The lowest BCUT2D eigenvalue weighted by molar-refractivity contribution is -0.141. The van der Waals surface area contributed by atoms with E-state index >= 15 is 0 Å². The molecule has 0 saturated heterocycles. The van der Waals surface area contributed by atoms with Crippen molar-refractivity contribution >= 4 is 33.3 Å². The molecule has 120 valence electrons. The smallest absolute Gasteiger partial charge is 0.431 e. The number of carbonyl (C=O) groups excluding carboxylic acids is 1. The van der Waals surface area contributed by atoms with Crippen molar-refractivity contribution in [2.75, 3.05) is 12.1 Å². The maximum Gasteiger partial charge on any atom is 0.431 e. The van der Waals surface area contributed by atoms with E-state index in [9.17, 15) is 18.0 Å². The zero-order valence-electron chi connectivity index (χ0n) is 11.9. The second-order valence-corrected chi connectivity index (χ2v) is 5.86. The summed E-state index contributed by atoms with van der Waals surface area (Å²) in [5.41, 5.74) is -0.396. The quantitative estimate of drug-likeness (QED) is 0.752. The zero-order chi connectivity index (χ0) is 16.5. The molecule has 4 nitrogen and oxygen atoms in total. The van der Waals surface area contributed by atoms with Crippen LogP contribution >= 0.6 is 15.9 Å². The monoisotopic (exact) mass is 378 g/mol. The Labute approximate surface area is 134 Å². The number of alkyl halides is 3. The van der Waals surface area contributed by atoms with Crippen LogP contribution in [0.4, 0.5) is 18.9 Å². The Morgan fingerprint density at radius 3 is 2.45 bits per heavy atom. The molecule has 1 aromatic rings. The lowest BCUT2D eigenvalue weighted by Gasteiger charge is -2.25. The fourth-order valence-corrected chi connectivity index (χ4v) is 2.61. The molecule has 1 aliphatic rings. The van der Waals surface area contributed by atoms with Crippen LogP contribution in [0.3, 0.4) is 0 Å². The first kappa shape index (κ1) is 16.8. The predicted molar refractivity (Wildman–Crippen MR) is 79.7 cm³/mol. The number of rotatable bonds is 3. The molecule has 0 fully saturated rings. The molecule has 1 aliphatic heterocycles. The van der Waals surface area contributed by atoms with E-state index in [1.807, 2.05) is 0 Å². The van der Waals surface area contributed by atoms with E-state index in [-0.39, 0.29) is 6.42 Å². The van der Waals surface area contributed by atoms with Gasteiger partial charge < -0.3 is 4.74 Å². The zero-order valence-corrected chi connectivity index (χ0v) is 13.5. The Bertz CT molecular complexity index is 587. The van der Waals surface area contributed by atoms with Crippen LogP contribution in [0.5, 0.6) is 0 Å². The maximum absolute atomic E-state index is 13.1. The van der Waals surface area contributed by atoms with E-state index in [2.05, 4.69) is 25.8 Å². The minimum absolute atomic E-state index is 0.170. The van der Waals surface area contributed by atoms with Gasteiger partial charge in [0.1, 0.15) is 5.71 Å². The van der Waals surface area contributed by atoms with E-state index in [0.717, 1.165) is 4.47 Å². The number of hydrogen-bond donors (Lipinski definition) is 0. The molecule has 0 bridgehead atoms. The molecule has 0 radical (unpaired) electrons. The van der Waals surface area contributed by atoms with E-state index in [0.29, 0.717) is 5.69 Å². The molecule has 0 spiro atoms. The molecule has 22 heavy (non-hydrogen) atoms. The van der Waals surface area contributed by atoms with E-state index in [4.69, 9.17) is 0 Å². The Morgan fingerprint density at radius 2 is 1.95 bits per heavy atom. The number of halogens is 4. The number of esters is 1. The number of ether oxygens (including phenoxy) is 1. The molecule has 2 rings (SSSR count). The third-order valence-electron chi connectivity index (χ3n) is 3.52. The molecule has 2 atom stereocenters. The predicted octanol–water partition coefficient (Wildman–Crippen LogP) is 3.76. The molecular weight excluding hydrogens is 365 g/mol. The minimum atomic E-state index is -4.53. The molecule has 8 heteroatoms. The second kappa shape index (κ2) is 6.28. The molecule has 0 N–H and O–H groups in total. The average molecular weight is 379 g/mol. The summed E-state index contributed by atoms with van der Waals surface area (Å²) in [6.07, 6.45) is -4.70. The van der Waals surface area contributed by atoms with Gasteiger partial charge in [0.15, 0.2) is 0 Å². The Hall–Kier alpha value is -1.57. The number of hydrazone groups is 1. The Balaban J connectivity index is 2.38. The number of benzene rings is 1. The summed E-state index contributed by atoms with van der Waals surface area (Å²) in [6, 6.07) is 5.96. The van der Waals surface area contributed by atoms with Crippen molar-refractivity contribution in [3.8, 4) is 0 Å². The van der Waals surface area contributed by atoms with Crippen LogP contribution in [0.15, 0.2) is 33.8 Å². The maximum atomic E-state index is 13.1. The van der Waals surface area contributed by atoms with Gasteiger partial charge in [-0.05, 0) is 24.3 Å². The van der Waals surface area contributed by atoms with Crippen molar-refractivity contribution in [1.29, 1.82) is 0 Å². The van der Waals surface area contributed by atoms with Crippen molar-refractivity contribution in [3.63, 3.8) is 0 Å². The van der Waals surface area contributed by atoms with Crippen molar-refractivity contribution < 1.29 is 22.7 Å². The van der Waals surface area contributed by atoms with Gasteiger partial charge in [-0.2, -0.15) is 18.3 Å². The highest BCUT2D eigenvalue weighted by Gasteiger charge is 2.48. The van der Waals surface area contributed by atoms with Crippen LogP contribution in [-0.4, -0.2) is 31.0 Å². The van der Waals surface area contributed by atoms with Gasteiger partial charge in [-0.15, -0.1) is 0 Å². The molecular formula is C14H14BrF3N2O2. The normalized spacial score (nSPS) is 21.7. The van der Waals surface area contributed by atoms with Crippen LogP contribution < -0.4 is 5.01 Å². The number of nitrogens with zero attached hydrogens (tertiary/aromatic N) is 2. The van der Waals surface area contributed by atoms with Crippen LogP contribution in [0, 0.1) is 5.92 Å². The molecule has 0 unspecified atom stereocenters. The van der Waals surface area contributed by atoms with E-state index in [1.165, 1.54) is 19.0 Å². The highest BCUT2D eigenvalue weighted by Crippen LogP contribution is 2.36. The fraction of sp³-hybridized carbons (Fsp3) is 0.429. The van der Waals surface area contributed by atoms with E-state index in [1.54, 1.807) is 24.3 Å². The van der Waals surface area contributed by atoms with Crippen LogP contribution in [0.1, 0.15) is 13.3 Å². The summed E-state index contributed by atoms with van der Waals surface area (Å²) >= 11 is 3.27. The summed E-state index contributed by atoms with van der Waals surface area (Å²) in [5, 5.41) is 4.96. The molecule has 1 heterocycles. The van der Waals surface area contributed by atoms with Gasteiger partial charge in [-0.25, -0.2) is 0 Å². The Morgan fingerprint density at radius 1 is 1.36 bits per heavy atom. The second-order valence-electron chi connectivity index (χ2n) is 4.94. The third-order valence-corrected chi connectivity index (χ3v) is 4.05. The summed E-state index contributed by atoms with van der Waals surface area (Å²) in [6.45, 7) is 1.42. The number of anilines is 1. The third kappa shape index (κ3) is 3.43. The molecule has 0 amide bonds. The van der Waals surface area contributed by atoms with Gasteiger partial charge in [0.2, 0.25) is 0 Å². The highest BCUT2D eigenvalue weighted by atomic mass is 79.9. The van der Waals surface area contributed by atoms with Gasteiger partial charge in [-0.3, -0.25) is 9.80 Å². The van der Waals surface area contributed by atoms with Crippen molar-refractivity contribution in [2.45, 2.75) is 25.6 Å². The van der Waals surface area contributed by atoms with Gasteiger partial charge in [0.25, 0.3) is 0 Å². The van der Waals surface area contributed by atoms with Crippen molar-refractivity contribution in [3.05, 3.63) is 28.7 Å². The first-order valence-electron chi connectivity index (χ1n) is 6.51. The molecule has 0 aliphatic carbocycles. The van der Waals surface area contributed by atoms with Gasteiger partial charge >= 0.3 is 12.1 Å². The summed E-state index contributed by atoms with van der Waals surface area (Å²) in [4.78, 5) is 11.5. The van der Waals surface area contributed by atoms with Gasteiger partial charge in [0, 0.05) is 10.4 Å². The van der Waals surface area contributed by atoms with E-state index < -0.39 is 29.8 Å². The number of hydrogen-bond acceptors (Lipinski definition) is 4. The number of methoxy groups -OCH3 is 1. The Kier molecular flexibility index (Phi) is 4.79. The number of carbonyl (C=O) groups is 1. The highest BCUT2D eigenvalue weighted by molar-refractivity contribution is 9.10. The van der Waals surface area contributed by atoms with Gasteiger partial charge in [0.05, 0.1) is 25.3 Å². The fourth-order valence-electron chi connectivity index (χ4n) is 2.35. The molecule has 1 aromatic carbocycles. The van der Waals surface area contributed by atoms with Crippen molar-refractivity contribution in [1.82, 2.24) is 0 Å². The molecule has 0 saturated carbocycles. The standard InChI is InChI=1S/C14H14BrF3N2O2/c1-8-11(7-12(21)22-2)20(19-13(8)14(16,17)18)10-5-3-9(15)4-6-10/h3-6,8,11H,7H2,1-2H3/t8-,11-/m0/s1. The SMILES string of the molecule is COC(=O)C[C@H]1[C@H](C)C(C(F)(F)F)=NN1c1ccc(Br)cc1. The van der Waals surface area contributed by atoms with Crippen LogP contribution in [-0.2, 0) is 9.53 Å². The lowest BCUT2D eigenvalue weighted by Crippen LogP contribution is -2.37. The van der Waals surface area contributed by atoms with Crippen LogP contribution in [0.2, 0.25) is 0 Å². The average Bonchev–Trinajstić information content (AvgIpc) is 2.77. The summed E-state index contributed by atoms with van der Waals surface area (Å²) < 4.78 is 44.6. The summed E-state index contributed by atoms with van der Waals surface area (Å²) in [5.74, 6) is -1.50. The molecule has 0 aromatic heterocycles. The first-order valence-corrected chi connectivity index (χ1v) is 7.30. The topological polar surface area (TPSA) is 41.9 Å². The lowest BCUT2D eigenvalue weighted by atomic mass is 9.94. The first-order chi connectivity index (χ1) is 10.2. The van der Waals surface area contributed by atoms with Crippen molar-refractivity contribution in [2.24, 2.45) is 11.0 Å².